The summed E-state index contributed by atoms with van der Waals surface area (Å²) in [7, 11) is 4.10. The lowest BCUT2D eigenvalue weighted by Crippen LogP contribution is -2.23. The Morgan fingerprint density at radius 2 is 1.95 bits per heavy atom. The molecule has 108 valence electrons. The molecule has 0 atom stereocenters. The summed E-state index contributed by atoms with van der Waals surface area (Å²) in [6, 6.07) is 12.4. The van der Waals surface area contributed by atoms with Crippen molar-refractivity contribution in [1.29, 1.82) is 0 Å². The first-order chi connectivity index (χ1) is 9.75. The Labute approximate surface area is 120 Å². The number of ether oxygens (including phenoxy) is 1. The number of para-hydroxylation sites is 1. The van der Waals surface area contributed by atoms with Gasteiger partial charge >= 0.3 is 0 Å². The lowest BCUT2D eigenvalue weighted by atomic mass is 10.2. The molecule has 0 aliphatic heterocycles. The van der Waals surface area contributed by atoms with Crippen molar-refractivity contribution in [2.45, 2.75) is 6.54 Å². The van der Waals surface area contributed by atoms with Crippen LogP contribution in [0.15, 0.2) is 36.4 Å². The average molecular weight is 273 g/mol. The lowest BCUT2D eigenvalue weighted by Gasteiger charge is -2.10. The van der Waals surface area contributed by atoms with Gasteiger partial charge in [-0.15, -0.1) is 0 Å². The third kappa shape index (κ3) is 4.89. The summed E-state index contributed by atoms with van der Waals surface area (Å²) >= 11 is 0. The largest absolute Gasteiger partial charge is 0.379 e. The summed E-state index contributed by atoms with van der Waals surface area (Å²) in [5.41, 5.74) is 2.12. The Morgan fingerprint density at radius 3 is 2.80 bits per heavy atom. The Hall–Kier alpha value is -1.49. The highest BCUT2D eigenvalue weighted by atomic mass is 16.5. The average Bonchev–Trinajstić information content (AvgIpc) is 2.46. The van der Waals surface area contributed by atoms with Gasteiger partial charge < -0.3 is 15.0 Å². The minimum absolute atomic E-state index is 0.738. The van der Waals surface area contributed by atoms with Crippen molar-refractivity contribution in [3.63, 3.8) is 0 Å². The number of pyridine rings is 1. The van der Waals surface area contributed by atoms with Crippen LogP contribution in [-0.2, 0) is 11.3 Å². The molecule has 0 amide bonds. The Balaban J connectivity index is 1.68. The SMILES string of the molecule is CN(C)CCOCCNCc1ccc2ccccc2n1. The van der Waals surface area contributed by atoms with Gasteiger partial charge in [-0.25, -0.2) is 0 Å². The second-order valence-corrected chi connectivity index (χ2v) is 5.09. The summed E-state index contributed by atoms with van der Waals surface area (Å²) in [5, 5.41) is 4.54. The smallest absolute Gasteiger partial charge is 0.0705 e. The molecule has 2 aromatic rings. The monoisotopic (exact) mass is 273 g/mol. The molecule has 1 aromatic carbocycles. The third-order valence-electron chi connectivity index (χ3n) is 3.07. The van der Waals surface area contributed by atoms with E-state index in [2.05, 4.69) is 33.4 Å². The number of aromatic nitrogens is 1. The van der Waals surface area contributed by atoms with Crippen LogP contribution in [0.25, 0.3) is 10.9 Å². The molecule has 0 radical (unpaired) electrons. The van der Waals surface area contributed by atoms with Crippen LogP contribution < -0.4 is 5.32 Å². The van der Waals surface area contributed by atoms with Crippen LogP contribution in [-0.4, -0.2) is 50.3 Å². The maximum Gasteiger partial charge on any atom is 0.0705 e. The topological polar surface area (TPSA) is 37.4 Å². The van der Waals surface area contributed by atoms with Gasteiger partial charge in [0.15, 0.2) is 0 Å². The van der Waals surface area contributed by atoms with E-state index in [-0.39, 0.29) is 0 Å². The molecule has 0 spiro atoms. The van der Waals surface area contributed by atoms with E-state index in [1.807, 2.05) is 32.3 Å². The van der Waals surface area contributed by atoms with E-state index in [1.54, 1.807) is 0 Å². The van der Waals surface area contributed by atoms with Crippen LogP contribution in [0.2, 0.25) is 0 Å². The zero-order chi connectivity index (χ0) is 14.2. The number of likely N-dealkylation sites (N-methyl/N-ethyl adjacent to an activating group) is 1. The van der Waals surface area contributed by atoms with Crippen molar-refractivity contribution in [3.05, 3.63) is 42.1 Å². The van der Waals surface area contributed by atoms with E-state index >= 15 is 0 Å². The summed E-state index contributed by atoms with van der Waals surface area (Å²) in [4.78, 5) is 6.74. The molecule has 1 aromatic heterocycles. The molecule has 0 saturated carbocycles. The minimum atomic E-state index is 0.738. The van der Waals surface area contributed by atoms with Crippen molar-refractivity contribution >= 4 is 10.9 Å². The van der Waals surface area contributed by atoms with E-state index in [0.29, 0.717) is 0 Å². The summed E-state index contributed by atoms with van der Waals surface area (Å²) < 4.78 is 5.53. The van der Waals surface area contributed by atoms with Crippen LogP contribution in [0.5, 0.6) is 0 Å². The van der Waals surface area contributed by atoms with Gasteiger partial charge in [-0.3, -0.25) is 4.98 Å². The van der Waals surface area contributed by atoms with Crippen LogP contribution >= 0.6 is 0 Å². The Bertz CT molecular complexity index is 528. The van der Waals surface area contributed by atoms with E-state index < -0.39 is 0 Å². The second kappa shape index (κ2) is 7.94. The van der Waals surface area contributed by atoms with E-state index in [1.165, 1.54) is 5.39 Å². The predicted octanol–water partition coefficient (Wildman–Crippen LogP) is 1.90. The summed E-state index contributed by atoms with van der Waals surface area (Å²) in [5.74, 6) is 0. The number of fused-ring (bicyclic) bond motifs is 1. The number of rotatable bonds is 8. The number of nitrogens with zero attached hydrogens (tertiary/aromatic N) is 2. The van der Waals surface area contributed by atoms with E-state index in [9.17, 15) is 0 Å². The molecule has 2 rings (SSSR count). The molecule has 4 nitrogen and oxygen atoms in total. The third-order valence-corrected chi connectivity index (χ3v) is 3.07. The first kappa shape index (κ1) is 14.9. The van der Waals surface area contributed by atoms with Gasteiger partial charge in [-0.2, -0.15) is 0 Å². The van der Waals surface area contributed by atoms with Crippen molar-refractivity contribution < 1.29 is 4.74 Å². The first-order valence-electron chi connectivity index (χ1n) is 7.03. The van der Waals surface area contributed by atoms with Gasteiger partial charge in [0.25, 0.3) is 0 Å². The Morgan fingerprint density at radius 1 is 1.10 bits per heavy atom. The predicted molar refractivity (Wildman–Crippen MR) is 82.8 cm³/mol. The Kier molecular flexibility index (Phi) is 5.92. The molecule has 0 aliphatic rings. The number of hydrogen-bond donors (Lipinski definition) is 1. The van der Waals surface area contributed by atoms with E-state index in [4.69, 9.17) is 4.74 Å². The van der Waals surface area contributed by atoms with Crippen LogP contribution in [0.3, 0.4) is 0 Å². The summed E-state index contributed by atoms with van der Waals surface area (Å²) in [6.07, 6.45) is 0. The molecule has 0 saturated heterocycles. The lowest BCUT2D eigenvalue weighted by molar-refractivity contribution is 0.119. The normalized spacial score (nSPS) is 11.3. The van der Waals surface area contributed by atoms with Gasteiger partial charge in [0.2, 0.25) is 0 Å². The van der Waals surface area contributed by atoms with Crippen molar-refractivity contribution in [2.75, 3.05) is 40.4 Å². The number of benzene rings is 1. The van der Waals surface area contributed by atoms with Gasteiger partial charge in [0.05, 0.1) is 24.4 Å². The molecule has 0 unspecified atom stereocenters. The molecular formula is C16H23N3O. The van der Waals surface area contributed by atoms with Crippen LogP contribution in [0.4, 0.5) is 0 Å². The van der Waals surface area contributed by atoms with Crippen LogP contribution in [0, 0.1) is 0 Å². The van der Waals surface area contributed by atoms with Gasteiger partial charge in [0, 0.05) is 25.0 Å². The summed E-state index contributed by atoms with van der Waals surface area (Å²) in [6.45, 7) is 4.11. The standard InChI is InChI=1S/C16H23N3O/c1-19(2)10-12-20-11-9-17-13-15-8-7-14-5-3-4-6-16(14)18-15/h3-8,17H,9-13H2,1-2H3. The molecule has 0 fully saturated rings. The molecule has 1 heterocycles. The molecule has 1 N–H and O–H groups in total. The highest BCUT2D eigenvalue weighted by Crippen LogP contribution is 2.11. The van der Waals surface area contributed by atoms with Gasteiger partial charge in [-0.1, -0.05) is 24.3 Å². The van der Waals surface area contributed by atoms with Crippen molar-refractivity contribution in [2.24, 2.45) is 0 Å². The fourth-order valence-corrected chi connectivity index (χ4v) is 1.92. The fraction of sp³-hybridized carbons (Fsp3) is 0.438. The molecule has 20 heavy (non-hydrogen) atoms. The minimum Gasteiger partial charge on any atom is -0.379 e. The first-order valence-corrected chi connectivity index (χ1v) is 7.03. The maximum atomic E-state index is 5.53. The molecule has 0 bridgehead atoms. The fourth-order valence-electron chi connectivity index (χ4n) is 1.92. The highest BCUT2D eigenvalue weighted by Gasteiger charge is 1.97. The zero-order valence-electron chi connectivity index (χ0n) is 12.3. The van der Waals surface area contributed by atoms with Crippen molar-refractivity contribution in [3.8, 4) is 0 Å². The highest BCUT2D eigenvalue weighted by molar-refractivity contribution is 5.78. The number of hydrogen-bond acceptors (Lipinski definition) is 4. The number of nitrogens with one attached hydrogen (secondary N) is 1. The van der Waals surface area contributed by atoms with Crippen molar-refractivity contribution in [1.82, 2.24) is 15.2 Å². The maximum absolute atomic E-state index is 5.53. The van der Waals surface area contributed by atoms with E-state index in [0.717, 1.165) is 44.1 Å². The van der Waals surface area contributed by atoms with Crippen LogP contribution in [0.1, 0.15) is 5.69 Å². The zero-order valence-corrected chi connectivity index (χ0v) is 12.3. The molecular weight excluding hydrogens is 250 g/mol. The van der Waals surface area contributed by atoms with Gasteiger partial charge in [-0.05, 0) is 26.2 Å². The molecule has 4 heteroatoms. The molecule has 0 aliphatic carbocycles. The van der Waals surface area contributed by atoms with Gasteiger partial charge in [0.1, 0.15) is 0 Å². The second-order valence-electron chi connectivity index (χ2n) is 5.09. The quantitative estimate of drug-likeness (QED) is 0.746.